The summed E-state index contributed by atoms with van der Waals surface area (Å²) in [4.78, 5) is 10.0. The molecular formula is C14H17N3OS. The number of hydrogen-bond acceptors (Lipinski definition) is 5. The summed E-state index contributed by atoms with van der Waals surface area (Å²) in [5.74, 6) is 0. The lowest BCUT2D eigenvalue weighted by atomic mass is 10.2. The Morgan fingerprint density at radius 3 is 2.37 bits per heavy atom. The second-order valence-corrected chi connectivity index (χ2v) is 5.67. The summed E-state index contributed by atoms with van der Waals surface area (Å²) in [7, 11) is 0. The molecule has 0 bridgehead atoms. The third-order valence-corrected chi connectivity index (χ3v) is 4.41. The molecule has 0 spiro atoms. The number of piperazine rings is 1. The normalized spacial score (nSPS) is 15.8. The molecule has 0 radical (unpaired) electrons. The van der Waals surface area contributed by atoms with Gasteiger partial charge in [-0.25, -0.2) is 4.98 Å². The van der Waals surface area contributed by atoms with Crippen molar-refractivity contribution in [3.8, 4) is 0 Å². The minimum absolute atomic E-state index is 0.0850. The van der Waals surface area contributed by atoms with Gasteiger partial charge in [-0.3, -0.25) is 0 Å². The number of para-hydroxylation sites is 1. The van der Waals surface area contributed by atoms with Crippen molar-refractivity contribution in [2.45, 2.75) is 6.61 Å². The number of aliphatic hydroxyl groups is 1. The van der Waals surface area contributed by atoms with E-state index in [-0.39, 0.29) is 6.61 Å². The highest BCUT2D eigenvalue weighted by atomic mass is 32.1. The van der Waals surface area contributed by atoms with Crippen LogP contribution < -0.4 is 9.80 Å². The number of rotatable bonds is 3. The van der Waals surface area contributed by atoms with E-state index in [0.717, 1.165) is 36.2 Å². The third-order valence-electron chi connectivity index (χ3n) is 3.37. The van der Waals surface area contributed by atoms with E-state index in [4.69, 9.17) is 5.11 Å². The average Bonchev–Trinajstić information content (AvgIpc) is 2.97. The number of anilines is 2. The molecular weight excluding hydrogens is 258 g/mol. The molecule has 1 saturated heterocycles. The minimum atomic E-state index is 0.0850. The first-order valence-corrected chi connectivity index (χ1v) is 7.29. The van der Waals surface area contributed by atoms with Gasteiger partial charge < -0.3 is 14.9 Å². The van der Waals surface area contributed by atoms with Crippen LogP contribution in [0, 0.1) is 0 Å². The predicted octanol–water partition coefficient (Wildman–Crippen LogP) is 1.96. The maximum Gasteiger partial charge on any atom is 0.185 e. The Bertz CT molecular complexity index is 520. The second-order valence-electron chi connectivity index (χ2n) is 4.58. The number of benzene rings is 1. The quantitative estimate of drug-likeness (QED) is 0.929. The summed E-state index contributed by atoms with van der Waals surface area (Å²) in [5.41, 5.74) is 1.29. The van der Waals surface area contributed by atoms with Crippen LogP contribution in [0.25, 0.3) is 0 Å². The summed E-state index contributed by atoms with van der Waals surface area (Å²) in [6.45, 7) is 4.07. The van der Waals surface area contributed by atoms with Gasteiger partial charge in [-0.15, -0.1) is 0 Å². The van der Waals surface area contributed by atoms with Gasteiger partial charge >= 0.3 is 0 Å². The maximum atomic E-state index is 9.08. The summed E-state index contributed by atoms with van der Waals surface area (Å²) < 4.78 is 0. The van der Waals surface area contributed by atoms with E-state index in [2.05, 4.69) is 39.0 Å². The maximum absolute atomic E-state index is 9.08. The monoisotopic (exact) mass is 275 g/mol. The molecule has 0 amide bonds. The van der Waals surface area contributed by atoms with Gasteiger partial charge in [0.25, 0.3) is 0 Å². The molecule has 0 aliphatic carbocycles. The van der Waals surface area contributed by atoms with Crippen molar-refractivity contribution in [2.24, 2.45) is 0 Å². The lowest BCUT2D eigenvalue weighted by Crippen LogP contribution is -2.46. The van der Waals surface area contributed by atoms with Gasteiger partial charge in [0.1, 0.15) is 0 Å². The average molecular weight is 275 g/mol. The fraction of sp³-hybridized carbons (Fsp3) is 0.357. The molecule has 1 aromatic carbocycles. The first-order valence-electron chi connectivity index (χ1n) is 6.47. The zero-order chi connectivity index (χ0) is 13.1. The molecule has 2 aromatic rings. The molecule has 1 aliphatic rings. The Kier molecular flexibility index (Phi) is 3.66. The van der Waals surface area contributed by atoms with Crippen molar-refractivity contribution in [2.75, 3.05) is 36.0 Å². The van der Waals surface area contributed by atoms with Crippen LogP contribution in [0.1, 0.15) is 4.88 Å². The molecule has 2 heterocycles. The van der Waals surface area contributed by atoms with E-state index in [0.29, 0.717) is 0 Å². The van der Waals surface area contributed by atoms with Crippen molar-refractivity contribution in [1.82, 2.24) is 4.98 Å². The second kappa shape index (κ2) is 5.59. The zero-order valence-corrected chi connectivity index (χ0v) is 11.5. The summed E-state index contributed by atoms with van der Waals surface area (Å²) in [5, 5.41) is 10.1. The number of aromatic nitrogens is 1. The topological polar surface area (TPSA) is 39.6 Å². The molecule has 19 heavy (non-hydrogen) atoms. The number of thiazole rings is 1. The van der Waals surface area contributed by atoms with Crippen molar-refractivity contribution >= 4 is 22.2 Å². The van der Waals surface area contributed by atoms with Crippen molar-refractivity contribution < 1.29 is 5.11 Å². The van der Waals surface area contributed by atoms with Gasteiger partial charge in [0.2, 0.25) is 0 Å². The Morgan fingerprint density at radius 1 is 1.05 bits per heavy atom. The highest BCUT2D eigenvalue weighted by Crippen LogP contribution is 2.24. The van der Waals surface area contributed by atoms with E-state index in [9.17, 15) is 0 Å². The van der Waals surface area contributed by atoms with E-state index < -0.39 is 0 Å². The Balaban J connectivity index is 1.63. The standard InChI is InChI=1S/C14H17N3OS/c18-11-13-10-15-14(19-13)17-8-6-16(7-9-17)12-4-2-1-3-5-12/h1-5,10,18H,6-9,11H2. The van der Waals surface area contributed by atoms with Crippen LogP contribution in [0.15, 0.2) is 36.5 Å². The van der Waals surface area contributed by atoms with Crippen molar-refractivity contribution in [3.05, 3.63) is 41.4 Å². The Hall–Kier alpha value is -1.59. The van der Waals surface area contributed by atoms with E-state index in [1.54, 1.807) is 17.5 Å². The fourth-order valence-electron chi connectivity index (χ4n) is 2.31. The lowest BCUT2D eigenvalue weighted by Gasteiger charge is -2.35. The summed E-state index contributed by atoms with van der Waals surface area (Å²) >= 11 is 1.58. The van der Waals surface area contributed by atoms with Gasteiger partial charge in [-0.2, -0.15) is 0 Å². The van der Waals surface area contributed by atoms with Gasteiger partial charge in [0.05, 0.1) is 11.5 Å². The molecule has 5 heteroatoms. The zero-order valence-electron chi connectivity index (χ0n) is 10.7. The first kappa shape index (κ1) is 12.4. The summed E-state index contributed by atoms with van der Waals surface area (Å²) in [6, 6.07) is 10.5. The van der Waals surface area contributed by atoms with Crippen LogP contribution in [0.2, 0.25) is 0 Å². The van der Waals surface area contributed by atoms with Crippen LogP contribution in [-0.4, -0.2) is 36.3 Å². The number of nitrogens with zero attached hydrogens (tertiary/aromatic N) is 3. The van der Waals surface area contributed by atoms with Crippen LogP contribution in [0.5, 0.6) is 0 Å². The Labute approximate surface area is 116 Å². The molecule has 0 atom stereocenters. The highest BCUT2D eigenvalue weighted by molar-refractivity contribution is 7.15. The fourth-order valence-corrected chi connectivity index (χ4v) is 3.13. The highest BCUT2D eigenvalue weighted by Gasteiger charge is 2.19. The van der Waals surface area contributed by atoms with Crippen LogP contribution in [0.4, 0.5) is 10.8 Å². The van der Waals surface area contributed by atoms with Crippen LogP contribution in [-0.2, 0) is 6.61 Å². The first-order chi connectivity index (χ1) is 9.36. The Morgan fingerprint density at radius 2 is 1.74 bits per heavy atom. The van der Waals surface area contributed by atoms with Gasteiger partial charge in [0, 0.05) is 38.1 Å². The molecule has 1 fully saturated rings. The molecule has 0 unspecified atom stereocenters. The lowest BCUT2D eigenvalue weighted by molar-refractivity contribution is 0.285. The molecule has 1 N–H and O–H groups in total. The van der Waals surface area contributed by atoms with Crippen LogP contribution >= 0.6 is 11.3 Å². The van der Waals surface area contributed by atoms with Gasteiger partial charge in [-0.05, 0) is 12.1 Å². The molecule has 100 valence electrons. The molecule has 1 aromatic heterocycles. The van der Waals surface area contributed by atoms with Crippen molar-refractivity contribution in [3.63, 3.8) is 0 Å². The number of hydrogen-bond donors (Lipinski definition) is 1. The number of aliphatic hydroxyl groups excluding tert-OH is 1. The van der Waals surface area contributed by atoms with E-state index in [1.165, 1.54) is 5.69 Å². The molecule has 4 nitrogen and oxygen atoms in total. The SMILES string of the molecule is OCc1cnc(N2CCN(c3ccccc3)CC2)s1. The predicted molar refractivity (Wildman–Crippen MR) is 78.9 cm³/mol. The molecule has 0 saturated carbocycles. The van der Waals surface area contributed by atoms with E-state index in [1.807, 2.05) is 6.07 Å². The minimum Gasteiger partial charge on any atom is -0.391 e. The smallest absolute Gasteiger partial charge is 0.185 e. The largest absolute Gasteiger partial charge is 0.391 e. The molecule has 3 rings (SSSR count). The van der Waals surface area contributed by atoms with E-state index >= 15 is 0 Å². The molecule has 1 aliphatic heterocycles. The van der Waals surface area contributed by atoms with Crippen LogP contribution in [0.3, 0.4) is 0 Å². The third kappa shape index (κ3) is 2.72. The van der Waals surface area contributed by atoms with Gasteiger partial charge in [-0.1, -0.05) is 29.5 Å². The van der Waals surface area contributed by atoms with Crippen molar-refractivity contribution in [1.29, 1.82) is 0 Å². The summed E-state index contributed by atoms with van der Waals surface area (Å²) in [6.07, 6.45) is 1.77. The van der Waals surface area contributed by atoms with Gasteiger partial charge in [0.15, 0.2) is 5.13 Å².